The van der Waals surface area contributed by atoms with Gasteiger partial charge in [0.15, 0.2) is 0 Å². The Balaban J connectivity index is 2.71. The predicted octanol–water partition coefficient (Wildman–Crippen LogP) is 3.47. The van der Waals surface area contributed by atoms with E-state index in [1.54, 1.807) is 0 Å². The summed E-state index contributed by atoms with van der Waals surface area (Å²) in [5.41, 5.74) is 7.62. The normalized spacial score (nSPS) is 13.5. The Morgan fingerprint density at radius 2 is 1.53 bits per heavy atom. The Morgan fingerprint density at radius 3 is 1.93 bits per heavy atom. The number of halogens is 2. The minimum atomic E-state index is -2.34. The van der Waals surface area contributed by atoms with E-state index in [1.165, 1.54) is 5.56 Å². The number of hydrogen-bond donors (Lipinski definition) is 1. The Labute approximate surface area is 89.3 Å². The fourth-order valence-electron chi connectivity index (χ4n) is 1.46. The summed E-state index contributed by atoms with van der Waals surface area (Å²) < 4.78 is 24.2. The van der Waals surface area contributed by atoms with Gasteiger partial charge in [0.25, 0.3) is 0 Å². The van der Waals surface area contributed by atoms with Gasteiger partial charge in [0.1, 0.15) is 0 Å². The number of rotatable bonds is 4. The molecular weight excluding hydrogens is 196 g/mol. The van der Waals surface area contributed by atoms with E-state index in [1.807, 2.05) is 24.3 Å². The van der Waals surface area contributed by atoms with Crippen molar-refractivity contribution in [3.05, 3.63) is 35.4 Å². The third kappa shape index (κ3) is 3.59. The van der Waals surface area contributed by atoms with Crippen LogP contribution in [0.4, 0.5) is 8.78 Å². The van der Waals surface area contributed by atoms with Crippen molar-refractivity contribution in [2.24, 2.45) is 5.73 Å². The highest BCUT2D eigenvalue weighted by atomic mass is 19.3. The minimum absolute atomic E-state index is 0.277. The van der Waals surface area contributed by atoms with Gasteiger partial charge >= 0.3 is 0 Å². The summed E-state index contributed by atoms with van der Waals surface area (Å²) in [4.78, 5) is 0. The van der Waals surface area contributed by atoms with Crippen LogP contribution in [-0.4, -0.2) is 6.43 Å². The summed E-state index contributed by atoms with van der Waals surface area (Å²) in [5, 5.41) is 0. The quantitative estimate of drug-likeness (QED) is 0.814. The molecule has 1 aromatic carbocycles. The molecule has 1 nitrogen and oxygen atoms in total. The van der Waals surface area contributed by atoms with Gasteiger partial charge in [0, 0.05) is 12.5 Å². The smallest absolute Gasteiger partial charge is 0.240 e. The summed E-state index contributed by atoms with van der Waals surface area (Å²) in [6.07, 6.45) is -2.62. The maximum atomic E-state index is 12.1. The molecular formula is C12H17F2N. The Kier molecular flexibility index (Phi) is 4.21. The monoisotopic (exact) mass is 213 g/mol. The van der Waals surface area contributed by atoms with Crippen molar-refractivity contribution in [1.29, 1.82) is 0 Å². The first kappa shape index (κ1) is 12.1. The molecule has 0 saturated carbocycles. The zero-order valence-electron chi connectivity index (χ0n) is 9.08. The van der Waals surface area contributed by atoms with Crippen LogP contribution in [0.25, 0.3) is 0 Å². The van der Waals surface area contributed by atoms with E-state index in [2.05, 4.69) is 13.8 Å². The molecule has 0 amide bonds. The number of hydrogen-bond acceptors (Lipinski definition) is 1. The van der Waals surface area contributed by atoms with Crippen molar-refractivity contribution < 1.29 is 8.78 Å². The van der Waals surface area contributed by atoms with Crippen LogP contribution in [0, 0.1) is 0 Å². The van der Waals surface area contributed by atoms with Gasteiger partial charge in [-0.2, -0.15) is 0 Å². The fraction of sp³-hybridized carbons (Fsp3) is 0.500. The standard InChI is InChI=1S/C12H17F2N/c1-8(2)9-3-5-10(6-4-9)11(15)7-12(13)14/h3-6,8,11-12H,7,15H2,1-2H3/t11-/m0/s1. The van der Waals surface area contributed by atoms with Crippen LogP contribution in [0.5, 0.6) is 0 Å². The lowest BCUT2D eigenvalue weighted by Gasteiger charge is -2.12. The highest BCUT2D eigenvalue weighted by Gasteiger charge is 2.12. The van der Waals surface area contributed by atoms with Gasteiger partial charge in [0.2, 0.25) is 6.43 Å². The third-order valence-corrected chi connectivity index (χ3v) is 2.46. The van der Waals surface area contributed by atoms with Crippen LogP contribution in [0.1, 0.15) is 43.4 Å². The van der Waals surface area contributed by atoms with Crippen molar-refractivity contribution in [1.82, 2.24) is 0 Å². The van der Waals surface area contributed by atoms with Gasteiger partial charge in [0.05, 0.1) is 0 Å². The summed E-state index contributed by atoms with van der Waals surface area (Å²) in [6.45, 7) is 4.18. The zero-order valence-corrected chi connectivity index (χ0v) is 9.08. The third-order valence-electron chi connectivity index (χ3n) is 2.46. The van der Waals surface area contributed by atoms with Crippen LogP contribution in [0.2, 0.25) is 0 Å². The second-order valence-electron chi connectivity index (χ2n) is 4.05. The van der Waals surface area contributed by atoms with E-state index in [9.17, 15) is 8.78 Å². The second-order valence-corrected chi connectivity index (χ2v) is 4.05. The molecule has 84 valence electrons. The molecule has 2 N–H and O–H groups in total. The lowest BCUT2D eigenvalue weighted by Crippen LogP contribution is -2.13. The minimum Gasteiger partial charge on any atom is -0.324 e. The molecule has 0 spiro atoms. The molecule has 15 heavy (non-hydrogen) atoms. The number of benzene rings is 1. The topological polar surface area (TPSA) is 26.0 Å². The van der Waals surface area contributed by atoms with E-state index in [0.717, 1.165) is 5.56 Å². The maximum Gasteiger partial charge on any atom is 0.240 e. The SMILES string of the molecule is CC(C)c1ccc([C@@H](N)CC(F)F)cc1. The molecule has 0 fully saturated rings. The van der Waals surface area contributed by atoms with E-state index in [-0.39, 0.29) is 6.42 Å². The summed E-state index contributed by atoms with van der Waals surface area (Å²) in [5.74, 6) is 0.449. The fourth-order valence-corrected chi connectivity index (χ4v) is 1.46. The molecule has 1 aromatic rings. The van der Waals surface area contributed by atoms with Crippen LogP contribution in [0.3, 0.4) is 0 Å². The molecule has 0 aliphatic rings. The number of nitrogens with two attached hydrogens (primary N) is 1. The van der Waals surface area contributed by atoms with Crippen LogP contribution < -0.4 is 5.73 Å². The second kappa shape index (κ2) is 5.21. The molecule has 1 rings (SSSR count). The highest BCUT2D eigenvalue weighted by Crippen LogP contribution is 2.21. The first-order valence-electron chi connectivity index (χ1n) is 5.14. The summed E-state index contributed by atoms with van der Waals surface area (Å²) in [7, 11) is 0. The van der Waals surface area contributed by atoms with E-state index >= 15 is 0 Å². The molecule has 0 radical (unpaired) electrons. The molecule has 0 aromatic heterocycles. The lowest BCUT2D eigenvalue weighted by molar-refractivity contribution is 0.128. The first-order chi connectivity index (χ1) is 7.00. The molecule has 3 heteroatoms. The van der Waals surface area contributed by atoms with E-state index in [0.29, 0.717) is 5.92 Å². The molecule has 0 saturated heterocycles. The Morgan fingerprint density at radius 1 is 1.07 bits per heavy atom. The van der Waals surface area contributed by atoms with Gasteiger partial charge in [-0.3, -0.25) is 0 Å². The van der Waals surface area contributed by atoms with E-state index in [4.69, 9.17) is 5.73 Å². The van der Waals surface area contributed by atoms with Crippen molar-refractivity contribution in [3.63, 3.8) is 0 Å². The van der Waals surface area contributed by atoms with Crippen molar-refractivity contribution in [3.8, 4) is 0 Å². The zero-order chi connectivity index (χ0) is 11.4. The average molecular weight is 213 g/mol. The lowest BCUT2D eigenvalue weighted by atomic mass is 9.98. The Bertz CT molecular complexity index is 293. The van der Waals surface area contributed by atoms with Gasteiger partial charge in [-0.15, -0.1) is 0 Å². The predicted molar refractivity (Wildman–Crippen MR) is 58.1 cm³/mol. The van der Waals surface area contributed by atoms with E-state index < -0.39 is 12.5 Å². The van der Waals surface area contributed by atoms with Crippen molar-refractivity contribution >= 4 is 0 Å². The molecule has 0 aliphatic heterocycles. The van der Waals surface area contributed by atoms with Gasteiger partial charge < -0.3 is 5.73 Å². The van der Waals surface area contributed by atoms with Crippen molar-refractivity contribution in [2.45, 2.75) is 38.7 Å². The summed E-state index contributed by atoms with van der Waals surface area (Å²) >= 11 is 0. The summed E-state index contributed by atoms with van der Waals surface area (Å²) in [6, 6.07) is 7.01. The molecule has 0 aliphatic carbocycles. The van der Waals surface area contributed by atoms with Crippen LogP contribution in [0.15, 0.2) is 24.3 Å². The molecule has 0 heterocycles. The molecule has 0 bridgehead atoms. The number of alkyl halides is 2. The van der Waals surface area contributed by atoms with Crippen LogP contribution >= 0.6 is 0 Å². The molecule has 0 unspecified atom stereocenters. The Hall–Kier alpha value is -0.960. The largest absolute Gasteiger partial charge is 0.324 e. The highest BCUT2D eigenvalue weighted by molar-refractivity contribution is 5.26. The molecule has 1 atom stereocenters. The van der Waals surface area contributed by atoms with Crippen LogP contribution in [-0.2, 0) is 0 Å². The maximum absolute atomic E-state index is 12.1. The average Bonchev–Trinajstić information content (AvgIpc) is 2.17. The first-order valence-corrected chi connectivity index (χ1v) is 5.14. The van der Waals surface area contributed by atoms with Gasteiger partial charge in [-0.1, -0.05) is 38.1 Å². The van der Waals surface area contributed by atoms with Gasteiger partial charge in [-0.05, 0) is 17.0 Å². The van der Waals surface area contributed by atoms with Gasteiger partial charge in [-0.25, -0.2) is 8.78 Å². The van der Waals surface area contributed by atoms with Crippen molar-refractivity contribution in [2.75, 3.05) is 0 Å².